The topological polar surface area (TPSA) is 214 Å². The third kappa shape index (κ3) is 21.5. The second kappa shape index (κ2) is 36.0. The van der Waals surface area contributed by atoms with E-state index < -0.39 is 72.6 Å². The Labute approximate surface area is 631 Å². The molecule has 0 heterocycles. The van der Waals surface area contributed by atoms with Crippen molar-refractivity contribution >= 4 is 84.5 Å². The molecule has 0 aliphatic carbocycles. The first-order valence-electron chi connectivity index (χ1n) is 36.0. The zero-order valence-corrected chi connectivity index (χ0v) is 69.2. The zero-order valence-electron chi connectivity index (χ0n) is 62.3. The molecule has 0 aliphatic heterocycles. The molecule has 0 spiro atoms. The first-order valence-corrected chi connectivity index (χ1v) is 50.0. The van der Waals surface area contributed by atoms with Crippen LogP contribution in [0.3, 0.4) is 0 Å². The summed E-state index contributed by atoms with van der Waals surface area (Å²) in [5, 5.41) is 0. The average molecular weight is 1560 g/mol. The minimum Gasteiger partial charge on any atom is -0.497 e. The van der Waals surface area contributed by atoms with Gasteiger partial charge in [-0.1, -0.05) is 186 Å². The molecule has 0 atom stereocenters. The first-order chi connectivity index (χ1) is 49.2. The van der Waals surface area contributed by atoms with Crippen LogP contribution in [0.2, 0.25) is 48.4 Å². The summed E-state index contributed by atoms with van der Waals surface area (Å²) in [6.45, 7) is 29.0. The van der Waals surface area contributed by atoms with Crippen LogP contribution >= 0.6 is 23.5 Å². The van der Waals surface area contributed by atoms with Crippen molar-refractivity contribution in [3.63, 3.8) is 0 Å². The fourth-order valence-corrected chi connectivity index (χ4v) is 26.5. The maximum absolute atomic E-state index is 14.4. The Bertz CT molecular complexity index is 4690. The van der Waals surface area contributed by atoms with Gasteiger partial charge in [0, 0.05) is 32.8 Å². The number of hydrogen-bond acceptors (Lipinski definition) is 14. The van der Waals surface area contributed by atoms with Gasteiger partial charge in [0.1, 0.15) is 40.2 Å². The highest BCUT2D eigenvalue weighted by atomic mass is 32.2. The molecule has 0 saturated carbocycles. The van der Waals surface area contributed by atoms with Gasteiger partial charge in [0.25, 0.3) is 20.2 Å². The fraction of sp³-hybridized carbons (Fsp3) is 0.390. The van der Waals surface area contributed by atoms with E-state index in [1.807, 2.05) is 43.3 Å². The second-order valence-electron chi connectivity index (χ2n) is 28.2. The van der Waals surface area contributed by atoms with Crippen molar-refractivity contribution in [1.29, 1.82) is 0 Å². The van der Waals surface area contributed by atoms with Crippen molar-refractivity contribution in [2.24, 2.45) is 0 Å². The van der Waals surface area contributed by atoms with Crippen LogP contribution in [0.1, 0.15) is 139 Å². The summed E-state index contributed by atoms with van der Waals surface area (Å²) in [4.78, 5) is 1.19. The SMILES string of the molecule is C=C(SCCS(=O)(=O)O)c1cc(C(C)(C)c2ccc(Oc3ccc(S(=O)(=O)c4ccc(Oc5ccc(C(C)(C)c6ccc(Oc7ccc(S(=O)(=O)c8ccc(OC)cc8)cc7)c(CCC[Si](CC)(CC)CC)c6)cc5CCC[Si](CC)(CC)CC)cc4)cc3)c(CSCCCS(=O)(=O)O)c2)ccc1C. The quantitative estimate of drug-likeness (QED) is 0.0207. The van der Waals surface area contributed by atoms with Crippen molar-refractivity contribution in [3.8, 4) is 40.2 Å². The molecule has 8 rings (SSSR count). The average Bonchev–Trinajstić information content (AvgIpc) is 0.786. The van der Waals surface area contributed by atoms with E-state index in [1.165, 1.54) is 84.0 Å². The third-order valence-corrected chi connectivity index (χ3v) is 40.7. The highest BCUT2D eigenvalue weighted by Gasteiger charge is 2.32. The number of rotatable bonds is 40. The van der Waals surface area contributed by atoms with Crippen LogP contribution in [-0.2, 0) is 69.3 Å². The minimum atomic E-state index is -4.13. The minimum absolute atomic E-state index is 0.0716. The van der Waals surface area contributed by atoms with E-state index in [9.17, 15) is 42.8 Å². The Morgan fingerprint density at radius 3 is 1.12 bits per heavy atom. The smallest absolute Gasteiger partial charge is 0.265 e. The van der Waals surface area contributed by atoms with Gasteiger partial charge in [0.05, 0.1) is 54.3 Å². The largest absolute Gasteiger partial charge is 0.497 e. The van der Waals surface area contributed by atoms with Gasteiger partial charge in [-0.25, -0.2) is 16.8 Å². The standard InChI is InChI=1S/C82H104O14S6Si2/c1-14-103(15-2,16-3)53-20-23-62-55-65(27-46-78(62)94-70-32-40-74(41-33-70)101(89,90)73-38-30-69(93-13)31-39-73)81(9,10)66-28-47-79(63(56-66)24-21-54-104(17-4,18-5)19-6)95-71-34-42-75(43-35-71)102(91,92)76-44-36-72(37-45-76)96-80-48-29-67(57-64(80)59-97-49-22-51-99(83,84)85)82(11,12)68-26-25-60(7)77(58-68)61(8)98-50-52-100(86,87)88/h25-48,55-58H,8,14-24,49-54,59H2,1-7,9-13H3,(H,83,84,85)(H,86,87,88). The molecule has 0 aliphatic rings. The van der Waals surface area contributed by atoms with Crippen LogP contribution in [0.25, 0.3) is 4.91 Å². The molecular formula is C82H104O14S6Si2. The van der Waals surface area contributed by atoms with Crippen LogP contribution in [0, 0.1) is 6.92 Å². The van der Waals surface area contributed by atoms with Crippen LogP contribution < -0.4 is 18.9 Å². The van der Waals surface area contributed by atoms with E-state index >= 15 is 0 Å². The molecule has 0 radical (unpaired) electrons. The maximum Gasteiger partial charge on any atom is 0.265 e. The van der Waals surface area contributed by atoms with E-state index in [4.69, 9.17) is 18.9 Å². The highest BCUT2D eigenvalue weighted by molar-refractivity contribution is 8.08. The summed E-state index contributed by atoms with van der Waals surface area (Å²) in [6, 6.07) is 60.7. The molecule has 0 unspecified atom stereocenters. The van der Waals surface area contributed by atoms with Crippen LogP contribution in [-0.4, -0.2) is 89.0 Å². The first kappa shape index (κ1) is 83.2. The summed E-state index contributed by atoms with van der Waals surface area (Å²) >= 11 is 2.75. The lowest BCUT2D eigenvalue weighted by molar-refractivity contribution is 0.414. The number of methoxy groups -OCH3 is 1. The van der Waals surface area contributed by atoms with Crippen LogP contribution in [0.4, 0.5) is 0 Å². The predicted molar refractivity (Wildman–Crippen MR) is 434 cm³/mol. The maximum atomic E-state index is 14.4. The van der Waals surface area contributed by atoms with Gasteiger partial charge in [-0.15, -0.1) is 11.8 Å². The monoisotopic (exact) mass is 1560 g/mol. The Balaban J connectivity index is 1.03. The number of thioether (sulfide) groups is 2. The Morgan fingerprint density at radius 2 is 0.769 bits per heavy atom. The van der Waals surface area contributed by atoms with E-state index in [2.05, 4.69) is 112 Å². The molecule has 8 aromatic carbocycles. The van der Waals surface area contributed by atoms with Crippen LogP contribution in [0.15, 0.2) is 196 Å². The fourth-order valence-electron chi connectivity index (χ4n) is 13.6. The Hall–Kier alpha value is -6.45. The van der Waals surface area contributed by atoms with E-state index in [0.717, 1.165) is 81.5 Å². The Morgan fingerprint density at radius 1 is 0.433 bits per heavy atom. The molecule has 0 fully saturated rings. The molecule has 22 heteroatoms. The van der Waals surface area contributed by atoms with E-state index in [-0.39, 0.29) is 37.5 Å². The number of sulfone groups is 2. The van der Waals surface area contributed by atoms with Gasteiger partial charge >= 0.3 is 0 Å². The predicted octanol–water partition coefficient (Wildman–Crippen LogP) is 21.7. The normalized spacial score (nSPS) is 12.7. The van der Waals surface area contributed by atoms with Crippen molar-refractivity contribution in [2.45, 2.75) is 193 Å². The van der Waals surface area contributed by atoms with E-state index in [0.29, 0.717) is 50.9 Å². The van der Waals surface area contributed by atoms with Gasteiger partial charge in [-0.05, 0) is 198 Å². The summed E-state index contributed by atoms with van der Waals surface area (Å²) in [5.74, 6) is 4.25. The number of aryl methyl sites for hydroxylation is 3. The molecule has 2 N–H and O–H groups in total. The van der Waals surface area contributed by atoms with Gasteiger partial charge in [0.2, 0.25) is 19.7 Å². The second-order valence-corrected chi connectivity index (χ2v) is 48.8. The molecule has 0 bridgehead atoms. The lowest BCUT2D eigenvalue weighted by Gasteiger charge is -2.30. The molecule has 14 nitrogen and oxygen atoms in total. The lowest BCUT2D eigenvalue weighted by atomic mass is 9.76. The molecule has 0 saturated heterocycles. The summed E-state index contributed by atoms with van der Waals surface area (Å²) in [7, 11) is -17.4. The van der Waals surface area contributed by atoms with Crippen LogP contribution in [0.5, 0.6) is 40.2 Å². The molecular weight excluding hydrogens is 1460 g/mol. The zero-order chi connectivity index (χ0) is 75.9. The van der Waals surface area contributed by atoms with E-state index in [1.54, 1.807) is 92.0 Å². The van der Waals surface area contributed by atoms with Crippen molar-refractivity contribution in [1.82, 2.24) is 0 Å². The van der Waals surface area contributed by atoms with Gasteiger partial charge in [0.15, 0.2) is 0 Å². The van der Waals surface area contributed by atoms with Crippen molar-refractivity contribution < 1.29 is 61.7 Å². The molecule has 0 aromatic heterocycles. The number of ether oxygens (including phenoxy) is 4. The molecule has 104 heavy (non-hydrogen) atoms. The Kier molecular flexibility index (Phi) is 28.8. The molecule has 0 amide bonds. The van der Waals surface area contributed by atoms with Gasteiger partial charge < -0.3 is 18.9 Å². The number of benzene rings is 8. The third-order valence-electron chi connectivity index (χ3n) is 21.4. The summed E-state index contributed by atoms with van der Waals surface area (Å²) < 4.78 is 146. The number of hydrogen-bond donors (Lipinski definition) is 2. The van der Waals surface area contributed by atoms with Crippen molar-refractivity contribution in [3.05, 3.63) is 227 Å². The highest BCUT2D eigenvalue weighted by Crippen LogP contribution is 2.43. The summed E-state index contributed by atoms with van der Waals surface area (Å²) in [5.41, 5.74) is 7.96. The van der Waals surface area contributed by atoms with Gasteiger partial charge in [-0.3, -0.25) is 9.11 Å². The van der Waals surface area contributed by atoms with Gasteiger partial charge in [-0.2, -0.15) is 28.6 Å². The van der Waals surface area contributed by atoms with Crippen molar-refractivity contribution in [2.75, 3.05) is 30.1 Å². The molecule has 8 aromatic rings. The molecule has 560 valence electrons. The lowest BCUT2D eigenvalue weighted by Crippen LogP contribution is -2.31. The summed E-state index contributed by atoms with van der Waals surface area (Å²) in [6.07, 6.45) is 3.93.